The molecule has 0 aromatic heterocycles. The van der Waals surface area contributed by atoms with Crippen LogP contribution >= 0.6 is 11.6 Å². The largest absolute Gasteiger partial charge is 1.00 e. The van der Waals surface area contributed by atoms with Crippen molar-refractivity contribution in [1.82, 2.24) is 0 Å². The zero-order valence-electron chi connectivity index (χ0n) is 15.8. The van der Waals surface area contributed by atoms with Gasteiger partial charge in [0.1, 0.15) is 0 Å². The summed E-state index contributed by atoms with van der Waals surface area (Å²) < 4.78 is 0. The van der Waals surface area contributed by atoms with E-state index in [4.69, 9.17) is 11.6 Å². The van der Waals surface area contributed by atoms with Crippen molar-refractivity contribution in [3.63, 3.8) is 0 Å². The Balaban J connectivity index is -0.00000115. The average molecular weight is 413 g/mol. The molecule has 0 spiro atoms. The van der Waals surface area contributed by atoms with Gasteiger partial charge in [-0.3, -0.25) is 9.79 Å². The number of fused-ring (bicyclic) bond motifs is 1. The molecule has 0 saturated carbocycles. The van der Waals surface area contributed by atoms with Crippen LogP contribution in [-0.4, -0.2) is 34.2 Å². The summed E-state index contributed by atoms with van der Waals surface area (Å²) in [5.74, 6) is -1.98. The van der Waals surface area contributed by atoms with Crippen molar-refractivity contribution in [3.05, 3.63) is 64.7 Å². The molecule has 1 atom stereocenters. The van der Waals surface area contributed by atoms with E-state index in [2.05, 4.69) is 10.3 Å². The minimum atomic E-state index is -1.50. The molecule has 0 saturated heterocycles. The summed E-state index contributed by atoms with van der Waals surface area (Å²) in [6.45, 7) is 0. The summed E-state index contributed by atoms with van der Waals surface area (Å²) in [5.41, 5.74) is 2.22. The predicted octanol–water partition coefficient (Wildman–Crippen LogP) is -4.01. The number of carboxylic acid groups (broad SMARTS) is 1. The summed E-state index contributed by atoms with van der Waals surface area (Å²) in [7, 11) is 0. The minimum Gasteiger partial charge on any atom is -1.00 e. The van der Waals surface area contributed by atoms with Gasteiger partial charge in [-0.05, 0) is 18.2 Å². The number of hydrogen-bond acceptors (Lipinski definition) is 3. The first kappa shape index (κ1) is 25.6. The number of nitrogens with one attached hydrogen (secondary N) is 1. The third kappa shape index (κ3) is 6.03. The summed E-state index contributed by atoms with van der Waals surface area (Å²) in [6, 6.07) is 12.5. The third-order valence-corrected chi connectivity index (χ3v) is 3.52. The molecule has 9 heteroatoms. The molecule has 0 radical (unpaired) electrons. The molecule has 2 aromatic rings. The molecular weight excluding hydrogens is 398 g/mol. The molecule has 1 aliphatic heterocycles. The van der Waals surface area contributed by atoms with Gasteiger partial charge in [0.2, 0.25) is 6.04 Å². The van der Waals surface area contributed by atoms with Gasteiger partial charge in [0, 0.05) is 16.1 Å². The third-order valence-electron chi connectivity index (χ3n) is 3.28. The number of halogens is 1. The van der Waals surface area contributed by atoms with Crippen molar-refractivity contribution < 1.29 is 126 Å². The van der Waals surface area contributed by atoms with Crippen LogP contribution in [-0.2, 0) is 9.59 Å². The maximum absolute atomic E-state index is 12.0. The minimum absolute atomic E-state index is 0. The first-order chi connectivity index (χ1) is 10.6. The number of carbonyl (C=O) groups excluding carboxylic acids is 1. The first-order valence-corrected chi connectivity index (χ1v) is 6.91. The fourth-order valence-corrected chi connectivity index (χ4v) is 2.45. The maximum Gasteiger partial charge on any atom is 1.00 e. The Bertz CT molecular complexity index is 810. The number of benzodiazepines with no additional fused rings is 1. The van der Waals surface area contributed by atoms with Gasteiger partial charge in [0.25, 0.3) is 5.91 Å². The van der Waals surface area contributed by atoms with Crippen molar-refractivity contribution in [3.8, 4) is 0 Å². The number of aliphatic imine (C=N–C) groups is 1. The van der Waals surface area contributed by atoms with Gasteiger partial charge in [-0.25, -0.2) is 4.79 Å². The number of carbonyl (C=O) groups is 2. The van der Waals surface area contributed by atoms with Crippen LogP contribution in [0.3, 0.4) is 0 Å². The Labute approximate surface area is 237 Å². The van der Waals surface area contributed by atoms with Crippen LogP contribution in [0.25, 0.3) is 0 Å². The maximum atomic E-state index is 12.0. The van der Waals surface area contributed by atoms with Crippen molar-refractivity contribution in [2.45, 2.75) is 6.04 Å². The first-order valence-electron chi connectivity index (χ1n) is 6.53. The molecule has 0 aliphatic carbocycles. The standard InChI is InChI=1S/C16H11ClN2O3.2K.H2O.2H/c17-10-6-7-12-11(8-10)13(9-4-2-1-3-5-9)19-14(16(21)22)15(20)18-12;;;;;/h1-8,14H,(H,18,20)(H,21,22);;;1H2;;/q;2*+1;;2*-1. The molecule has 0 bridgehead atoms. The van der Waals surface area contributed by atoms with Gasteiger partial charge < -0.3 is 18.8 Å². The zero-order chi connectivity index (χ0) is 15.7. The molecule has 1 unspecified atom stereocenters. The van der Waals surface area contributed by atoms with Crippen LogP contribution in [0.4, 0.5) is 5.69 Å². The summed E-state index contributed by atoms with van der Waals surface area (Å²) in [5, 5.41) is 12.3. The van der Waals surface area contributed by atoms with Crippen LogP contribution in [0.15, 0.2) is 53.5 Å². The fourth-order valence-electron chi connectivity index (χ4n) is 2.27. The van der Waals surface area contributed by atoms with E-state index < -0.39 is 17.9 Å². The molecule has 25 heavy (non-hydrogen) atoms. The van der Waals surface area contributed by atoms with Crippen LogP contribution < -0.4 is 108 Å². The average Bonchev–Trinajstić information content (AvgIpc) is 2.64. The van der Waals surface area contributed by atoms with E-state index in [1.165, 1.54) is 0 Å². The monoisotopic (exact) mass is 412 g/mol. The Morgan fingerprint density at radius 1 is 1.16 bits per heavy atom. The topological polar surface area (TPSA) is 110 Å². The van der Waals surface area contributed by atoms with Crippen LogP contribution in [0.5, 0.6) is 0 Å². The summed E-state index contributed by atoms with van der Waals surface area (Å²) in [4.78, 5) is 27.5. The SMILES string of the molecule is O.O=C(O)C1N=C(c2ccccc2)c2cc(Cl)ccc2NC1=O.[H-].[H-].[K+].[K+]. The Morgan fingerprint density at radius 2 is 1.80 bits per heavy atom. The number of carboxylic acids is 1. The molecule has 6 nitrogen and oxygen atoms in total. The van der Waals surface area contributed by atoms with Gasteiger partial charge in [0.15, 0.2) is 0 Å². The van der Waals surface area contributed by atoms with Crippen molar-refractivity contribution in [1.29, 1.82) is 0 Å². The zero-order valence-corrected chi connectivity index (χ0v) is 20.8. The van der Waals surface area contributed by atoms with Gasteiger partial charge >= 0.3 is 109 Å². The normalized spacial score (nSPS) is 15.0. The molecule has 1 heterocycles. The number of aliphatic carboxylic acids is 1. The predicted molar refractivity (Wildman–Crippen MR) is 89.4 cm³/mol. The fraction of sp³-hybridized carbons (Fsp3) is 0.0625. The number of nitrogens with zero attached hydrogens (tertiary/aromatic N) is 1. The second-order valence-corrected chi connectivity index (χ2v) is 5.20. The van der Waals surface area contributed by atoms with E-state index in [9.17, 15) is 14.7 Å². The molecule has 4 N–H and O–H groups in total. The second kappa shape index (κ2) is 11.4. The van der Waals surface area contributed by atoms with E-state index >= 15 is 0 Å². The number of anilines is 1. The molecular formula is C16H15ClK2N2O4. The van der Waals surface area contributed by atoms with Gasteiger partial charge in [0.05, 0.1) is 11.4 Å². The molecule has 1 aliphatic rings. The smallest absolute Gasteiger partial charge is 1.00 e. The van der Waals surface area contributed by atoms with E-state index in [1.807, 2.05) is 18.2 Å². The van der Waals surface area contributed by atoms with E-state index in [-0.39, 0.29) is 111 Å². The summed E-state index contributed by atoms with van der Waals surface area (Å²) in [6.07, 6.45) is 0. The Hall–Kier alpha value is 0.573. The Morgan fingerprint density at radius 3 is 2.40 bits per heavy atom. The van der Waals surface area contributed by atoms with E-state index in [0.29, 0.717) is 27.5 Å². The van der Waals surface area contributed by atoms with Crippen molar-refractivity contribution in [2.24, 2.45) is 4.99 Å². The van der Waals surface area contributed by atoms with Crippen LogP contribution in [0.2, 0.25) is 5.02 Å². The quantitative estimate of drug-likeness (QED) is 0.387. The number of rotatable bonds is 2. The van der Waals surface area contributed by atoms with E-state index in [1.54, 1.807) is 30.3 Å². The van der Waals surface area contributed by atoms with Crippen LogP contribution in [0, 0.1) is 0 Å². The molecule has 3 rings (SSSR count). The van der Waals surface area contributed by atoms with Crippen LogP contribution in [0.1, 0.15) is 14.0 Å². The molecule has 2 aromatic carbocycles. The molecule has 1 amide bonds. The number of amides is 1. The van der Waals surface area contributed by atoms with E-state index in [0.717, 1.165) is 0 Å². The summed E-state index contributed by atoms with van der Waals surface area (Å²) >= 11 is 6.03. The molecule has 0 fully saturated rings. The number of benzene rings is 2. The van der Waals surface area contributed by atoms with Crippen molar-refractivity contribution >= 4 is 34.9 Å². The number of hydrogen-bond donors (Lipinski definition) is 2. The van der Waals surface area contributed by atoms with Gasteiger partial charge in [-0.1, -0.05) is 41.9 Å². The van der Waals surface area contributed by atoms with Gasteiger partial charge in [-0.15, -0.1) is 0 Å². The van der Waals surface area contributed by atoms with Gasteiger partial charge in [-0.2, -0.15) is 0 Å². The second-order valence-electron chi connectivity index (χ2n) is 4.76. The Kier molecular flexibility index (Phi) is 11.7. The molecule has 122 valence electrons. The van der Waals surface area contributed by atoms with Crippen molar-refractivity contribution in [2.75, 3.05) is 5.32 Å².